The van der Waals surface area contributed by atoms with Crippen LogP contribution in [0.3, 0.4) is 0 Å². The maximum Gasteiger partial charge on any atom is 0.182 e. The van der Waals surface area contributed by atoms with Gasteiger partial charge in [0.1, 0.15) is 5.82 Å². The molecule has 6 nitrogen and oxygen atoms in total. The molecule has 0 atom stereocenters. The van der Waals surface area contributed by atoms with Crippen molar-refractivity contribution in [2.45, 2.75) is 44.6 Å². The Bertz CT molecular complexity index is 573. The summed E-state index contributed by atoms with van der Waals surface area (Å²) in [6.45, 7) is 5.63. The molecule has 0 spiro atoms. The van der Waals surface area contributed by atoms with Gasteiger partial charge < -0.3 is 11.1 Å². The van der Waals surface area contributed by atoms with E-state index < -0.39 is 9.84 Å². The second kappa shape index (κ2) is 5.63. The van der Waals surface area contributed by atoms with Crippen molar-refractivity contribution in [1.29, 1.82) is 0 Å². The number of nitrogens with zero attached hydrogens (tertiary/aromatic N) is 2. The Kier molecular flexibility index (Phi) is 4.27. The van der Waals surface area contributed by atoms with Gasteiger partial charge in [0.2, 0.25) is 0 Å². The Morgan fingerprint density at radius 2 is 2.10 bits per heavy atom. The van der Waals surface area contributed by atoms with E-state index in [2.05, 4.69) is 24.3 Å². The highest BCUT2D eigenvalue weighted by Crippen LogP contribution is 2.32. The topological polar surface area (TPSA) is 90.0 Å². The third kappa shape index (κ3) is 3.65. The van der Waals surface area contributed by atoms with E-state index in [1.807, 2.05) is 0 Å². The fourth-order valence-corrected chi connectivity index (χ4v) is 3.00. The van der Waals surface area contributed by atoms with Crippen molar-refractivity contribution in [2.75, 3.05) is 23.9 Å². The molecule has 0 aromatic carbocycles. The van der Waals surface area contributed by atoms with Crippen molar-refractivity contribution in [3.63, 3.8) is 0 Å². The molecular weight excluding hydrogens is 276 g/mol. The third-order valence-corrected chi connectivity index (χ3v) is 4.63. The summed E-state index contributed by atoms with van der Waals surface area (Å²) in [5.41, 5.74) is 5.98. The Balaban J connectivity index is 2.24. The van der Waals surface area contributed by atoms with Crippen LogP contribution in [0.25, 0.3) is 0 Å². The van der Waals surface area contributed by atoms with E-state index in [0.717, 1.165) is 13.0 Å². The number of aromatic nitrogens is 2. The van der Waals surface area contributed by atoms with Gasteiger partial charge in [-0.2, -0.15) is 5.10 Å². The molecule has 0 radical (unpaired) electrons. The van der Waals surface area contributed by atoms with Gasteiger partial charge in [0.05, 0.1) is 0 Å². The van der Waals surface area contributed by atoms with Gasteiger partial charge in [-0.15, -0.1) is 0 Å². The molecule has 1 aliphatic carbocycles. The molecule has 1 aliphatic rings. The van der Waals surface area contributed by atoms with Gasteiger partial charge in [-0.25, -0.2) is 13.1 Å². The van der Waals surface area contributed by atoms with Crippen molar-refractivity contribution in [3.05, 3.63) is 0 Å². The standard InChI is InChI=1S/C13H24N4O2S/c1-9(2)6-7-17-12(14)11(20(3,18)19)13(16-17)15-8-10-4-5-10/h9-10H,4-8,14H2,1-3H3,(H,15,16). The predicted molar refractivity (Wildman–Crippen MR) is 80.4 cm³/mol. The third-order valence-electron chi connectivity index (χ3n) is 3.49. The molecule has 1 saturated carbocycles. The molecule has 2 rings (SSSR count). The molecule has 1 fully saturated rings. The molecule has 1 aromatic rings. The molecule has 1 heterocycles. The minimum absolute atomic E-state index is 0.141. The predicted octanol–water partition coefficient (Wildman–Crippen LogP) is 1.74. The van der Waals surface area contributed by atoms with Crippen molar-refractivity contribution in [3.8, 4) is 0 Å². The minimum Gasteiger partial charge on any atom is -0.383 e. The first kappa shape index (κ1) is 15.2. The van der Waals surface area contributed by atoms with Gasteiger partial charge in [-0.1, -0.05) is 13.8 Å². The summed E-state index contributed by atoms with van der Waals surface area (Å²) in [6.07, 6.45) is 4.49. The number of sulfone groups is 1. The maximum atomic E-state index is 11.9. The minimum atomic E-state index is -3.38. The van der Waals surface area contributed by atoms with Gasteiger partial charge in [-0.3, -0.25) is 0 Å². The fraction of sp³-hybridized carbons (Fsp3) is 0.769. The molecule has 1 aromatic heterocycles. The van der Waals surface area contributed by atoms with Gasteiger partial charge in [0, 0.05) is 19.3 Å². The van der Waals surface area contributed by atoms with Crippen LogP contribution in [0.15, 0.2) is 4.90 Å². The van der Waals surface area contributed by atoms with E-state index in [0.29, 0.717) is 24.2 Å². The first-order valence-electron chi connectivity index (χ1n) is 7.09. The Labute approximate surface area is 120 Å². The van der Waals surface area contributed by atoms with Crippen molar-refractivity contribution < 1.29 is 8.42 Å². The van der Waals surface area contributed by atoms with Crippen LogP contribution in [0.2, 0.25) is 0 Å². The van der Waals surface area contributed by atoms with E-state index in [9.17, 15) is 8.42 Å². The summed E-state index contributed by atoms with van der Waals surface area (Å²) < 4.78 is 25.4. The van der Waals surface area contributed by atoms with Crippen molar-refractivity contribution in [2.24, 2.45) is 11.8 Å². The zero-order chi connectivity index (χ0) is 14.9. The molecule has 20 heavy (non-hydrogen) atoms. The quantitative estimate of drug-likeness (QED) is 0.800. The van der Waals surface area contributed by atoms with Crippen molar-refractivity contribution in [1.82, 2.24) is 9.78 Å². The largest absolute Gasteiger partial charge is 0.383 e. The van der Waals surface area contributed by atoms with Crippen LogP contribution in [-0.4, -0.2) is 31.0 Å². The number of nitrogens with two attached hydrogens (primary N) is 1. The van der Waals surface area contributed by atoms with Gasteiger partial charge in [-0.05, 0) is 31.1 Å². The highest BCUT2D eigenvalue weighted by atomic mass is 32.2. The van der Waals surface area contributed by atoms with Crippen LogP contribution in [0.4, 0.5) is 11.6 Å². The van der Waals surface area contributed by atoms with Gasteiger partial charge in [0.15, 0.2) is 20.6 Å². The molecule has 0 saturated heterocycles. The van der Waals surface area contributed by atoms with Crippen LogP contribution >= 0.6 is 0 Å². The first-order valence-corrected chi connectivity index (χ1v) is 8.98. The molecular formula is C13H24N4O2S. The van der Waals surface area contributed by atoms with Gasteiger partial charge in [0.25, 0.3) is 0 Å². The molecule has 7 heteroatoms. The second-order valence-corrected chi connectivity index (χ2v) is 8.02. The number of rotatable bonds is 7. The SMILES string of the molecule is CC(C)CCn1nc(NCC2CC2)c(S(C)(=O)=O)c1N. The van der Waals surface area contributed by atoms with Crippen LogP contribution < -0.4 is 11.1 Å². The van der Waals surface area contributed by atoms with Gasteiger partial charge >= 0.3 is 0 Å². The summed E-state index contributed by atoms with van der Waals surface area (Å²) in [4.78, 5) is 0.141. The first-order chi connectivity index (χ1) is 9.29. The van der Waals surface area contributed by atoms with E-state index in [4.69, 9.17) is 5.73 Å². The normalized spacial score (nSPS) is 15.8. The van der Waals surface area contributed by atoms with E-state index >= 15 is 0 Å². The number of nitrogen functional groups attached to an aromatic ring is 1. The lowest BCUT2D eigenvalue weighted by molar-refractivity contribution is 0.491. The average molecular weight is 300 g/mol. The number of nitrogens with one attached hydrogen (secondary N) is 1. The lowest BCUT2D eigenvalue weighted by Crippen LogP contribution is -2.09. The highest BCUT2D eigenvalue weighted by Gasteiger charge is 2.26. The molecule has 0 bridgehead atoms. The van der Waals surface area contributed by atoms with E-state index in [1.165, 1.54) is 19.1 Å². The molecule has 0 aliphatic heterocycles. The smallest absolute Gasteiger partial charge is 0.182 e. The Hall–Kier alpha value is -1.24. The number of hydrogen-bond acceptors (Lipinski definition) is 5. The summed E-state index contributed by atoms with van der Waals surface area (Å²) in [7, 11) is -3.38. The maximum absolute atomic E-state index is 11.9. The summed E-state index contributed by atoms with van der Waals surface area (Å²) in [5, 5.41) is 7.49. The molecule has 0 unspecified atom stereocenters. The van der Waals surface area contributed by atoms with Crippen LogP contribution in [0.5, 0.6) is 0 Å². The summed E-state index contributed by atoms with van der Waals surface area (Å²) >= 11 is 0. The lowest BCUT2D eigenvalue weighted by atomic mass is 10.1. The number of aryl methyl sites for hydroxylation is 1. The average Bonchev–Trinajstić information content (AvgIpc) is 3.07. The van der Waals surface area contributed by atoms with E-state index in [-0.39, 0.29) is 10.7 Å². The highest BCUT2D eigenvalue weighted by molar-refractivity contribution is 7.91. The monoisotopic (exact) mass is 300 g/mol. The van der Waals surface area contributed by atoms with Crippen LogP contribution in [-0.2, 0) is 16.4 Å². The Morgan fingerprint density at radius 3 is 2.60 bits per heavy atom. The lowest BCUT2D eigenvalue weighted by Gasteiger charge is -2.06. The number of hydrogen-bond donors (Lipinski definition) is 2. The van der Waals surface area contributed by atoms with Crippen LogP contribution in [0.1, 0.15) is 33.1 Å². The Morgan fingerprint density at radius 1 is 1.45 bits per heavy atom. The fourth-order valence-electron chi connectivity index (χ4n) is 2.05. The van der Waals surface area contributed by atoms with Crippen LogP contribution in [0, 0.1) is 11.8 Å². The zero-order valence-corrected chi connectivity index (χ0v) is 13.2. The second-order valence-electron chi connectivity index (χ2n) is 6.07. The molecule has 114 valence electrons. The molecule has 3 N–H and O–H groups in total. The summed E-state index contributed by atoms with van der Waals surface area (Å²) in [5.74, 6) is 1.81. The summed E-state index contributed by atoms with van der Waals surface area (Å²) in [6, 6.07) is 0. The molecule has 0 amide bonds. The number of anilines is 2. The van der Waals surface area contributed by atoms with Crippen molar-refractivity contribution >= 4 is 21.5 Å². The zero-order valence-electron chi connectivity index (χ0n) is 12.4. The van der Waals surface area contributed by atoms with E-state index in [1.54, 1.807) is 4.68 Å².